The zero-order valence-corrected chi connectivity index (χ0v) is 11.1. The van der Waals surface area contributed by atoms with Gasteiger partial charge in [0.15, 0.2) is 5.54 Å². The van der Waals surface area contributed by atoms with Gasteiger partial charge in [0.25, 0.3) is 5.89 Å². The van der Waals surface area contributed by atoms with Crippen LogP contribution in [0.5, 0.6) is 0 Å². The first-order valence-corrected chi connectivity index (χ1v) is 6.05. The molecule has 110 valence electrons. The number of aromatic nitrogens is 2. The minimum absolute atomic E-state index is 0.0969. The highest BCUT2D eigenvalue weighted by molar-refractivity contribution is 5.05. The van der Waals surface area contributed by atoms with Crippen LogP contribution in [0.15, 0.2) is 4.52 Å². The molecule has 2 N–H and O–H groups in total. The molecule has 8 heteroatoms. The third-order valence-corrected chi connectivity index (χ3v) is 2.68. The van der Waals surface area contributed by atoms with Gasteiger partial charge in [-0.3, -0.25) is 0 Å². The Bertz CT molecular complexity index is 398. The first-order chi connectivity index (χ1) is 8.74. The van der Waals surface area contributed by atoms with Crippen molar-refractivity contribution in [2.75, 3.05) is 6.61 Å². The van der Waals surface area contributed by atoms with Gasteiger partial charge in [-0.1, -0.05) is 18.5 Å². The Balaban J connectivity index is 2.98. The number of halogens is 3. The fourth-order valence-electron chi connectivity index (χ4n) is 1.45. The van der Waals surface area contributed by atoms with Crippen LogP contribution in [-0.2, 0) is 10.3 Å². The van der Waals surface area contributed by atoms with Crippen molar-refractivity contribution in [3.63, 3.8) is 0 Å². The quantitative estimate of drug-likeness (QED) is 0.867. The number of hydrogen-bond donors (Lipinski definition) is 1. The summed E-state index contributed by atoms with van der Waals surface area (Å²) in [5.41, 5.74) is 2.55. The number of hydrogen-bond acceptors (Lipinski definition) is 5. The number of alkyl halides is 3. The Hall–Kier alpha value is -1.15. The number of rotatable bonds is 6. The van der Waals surface area contributed by atoms with E-state index in [1.54, 1.807) is 6.92 Å². The highest BCUT2D eigenvalue weighted by Crippen LogP contribution is 2.36. The molecule has 0 fully saturated rings. The molecule has 1 heterocycles. The molecule has 1 aromatic rings. The highest BCUT2D eigenvalue weighted by atomic mass is 19.4. The molecule has 0 bridgehead atoms. The van der Waals surface area contributed by atoms with Crippen LogP contribution in [0.2, 0.25) is 0 Å². The molecule has 0 aliphatic carbocycles. The molecule has 0 amide bonds. The van der Waals surface area contributed by atoms with Crippen molar-refractivity contribution in [1.29, 1.82) is 0 Å². The zero-order valence-electron chi connectivity index (χ0n) is 11.1. The molecule has 0 aliphatic heterocycles. The lowest BCUT2D eigenvalue weighted by molar-refractivity contribution is -0.190. The normalized spacial score (nSPS) is 17.2. The van der Waals surface area contributed by atoms with Gasteiger partial charge in [-0.2, -0.15) is 18.2 Å². The standard InChI is InChI=1S/C11H18F3N3O2/c1-4-6-7(18-5-2)8-16-9(19-17-8)10(3,15)11(12,13)14/h7H,4-6,15H2,1-3H3. The molecular weight excluding hydrogens is 263 g/mol. The van der Waals surface area contributed by atoms with Crippen LogP contribution in [0.1, 0.15) is 51.4 Å². The fourth-order valence-corrected chi connectivity index (χ4v) is 1.45. The maximum atomic E-state index is 12.7. The van der Waals surface area contributed by atoms with E-state index in [0.717, 1.165) is 13.3 Å². The molecule has 0 spiro atoms. The van der Waals surface area contributed by atoms with E-state index in [2.05, 4.69) is 14.7 Å². The van der Waals surface area contributed by atoms with Crippen LogP contribution in [0.4, 0.5) is 13.2 Å². The minimum atomic E-state index is -4.66. The van der Waals surface area contributed by atoms with Crippen LogP contribution < -0.4 is 5.73 Å². The lowest BCUT2D eigenvalue weighted by Crippen LogP contribution is -2.48. The smallest absolute Gasteiger partial charge is 0.370 e. The van der Waals surface area contributed by atoms with Crippen LogP contribution in [-0.4, -0.2) is 22.9 Å². The SMILES string of the molecule is CCCC(OCC)c1noc(C(C)(N)C(F)(F)F)n1. The van der Waals surface area contributed by atoms with Gasteiger partial charge in [0.1, 0.15) is 6.10 Å². The lowest BCUT2D eigenvalue weighted by atomic mass is 10.0. The maximum absolute atomic E-state index is 12.7. The molecule has 0 aromatic carbocycles. The predicted octanol–water partition coefficient (Wildman–Crippen LogP) is 2.68. The maximum Gasteiger partial charge on any atom is 0.415 e. The number of ether oxygens (including phenoxy) is 1. The zero-order chi connectivity index (χ0) is 14.7. The van der Waals surface area contributed by atoms with E-state index in [-0.39, 0.29) is 5.82 Å². The van der Waals surface area contributed by atoms with Gasteiger partial charge in [0.05, 0.1) is 0 Å². The summed E-state index contributed by atoms with van der Waals surface area (Å²) in [5.74, 6) is -0.560. The molecule has 1 rings (SSSR count). The Labute approximate surface area is 109 Å². The van der Waals surface area contributed by atoms with Crippen molar-refractivity contribution in [1.82, 2.24) is 10.1 Å². The number of nitrogens with zero attached hydrogens (tertiary/aromatic N) is 2. The fraction of sp³-hybridized carbons (Fsp3) is 0.818. The van der Waals surface area contributed by atoms with E-state index in [4.69, 9.17) is 10.5 Å². The van der Waals surface area contributed by atoms with Crippen LogP contribution in [0.25, 0.3) is 0 Å². The average Bonchev–Trinajstić information content (AvgIpc) is 2.76. The van der Waals surface area contributed by atoms with E-state index in [0.29, 0.717) is 13.0 Å². The Kier molecular flexibility index (Phi) is 4.92. The van der Waals surface area contributed by atoms with Gasteiger partial charge in [0, 0.05) is 6.61 Å². The highest BCUT2D eigenvalue weighted by Gasteiger charge is 2.53. The van der Waals surface area contributed by atoms with Gasteiger partial charge in [-0.25, -0.2) is 0 Å². The van der Waals surface area contributed by atoms with Crippen LogP contribution in [0.3, 0.4) is 0 Å². The molecule has 1 aromatic heterocycles. The summed E-state index contributed by atoms with van der Waals surface area (Å²) in [5, 5.41) is 3.54. The number of nitrogens with two attached hydrogens (primary N) is 1. The lowest BCUT2D eigenvalue weighted by Gasteiger charge is -2.22. The van der Waals surface area contributed by atoms with Crippen molar-refractivity contribution in [2.45, 2.75) is 51.4 Å². The molecule has 19 heavy (non-hydrogen) atoms. The average molecular weight is 281 g/mol. The monoisotopic (exact) mass is 281 g/mol. The largest absolute Gasteiger partial charge is 0.415 e. The van der Waals surface area contributed by atoms with E-state index < -0.39 is 23.7 Å². The van der Waals surface area contributed by atoms with Crippen LogP contribution in [0, 0.1) is 0 Å². The second-order valence-electron chi connectivity index (χ2n) is 4.39. The summed E-state index contributed by atoms with van der Waals surface area (Å²) < 4.78 is 48.2. The van der Waals surface area contributed by atoms with Gasteiger partial charge < -0.3 is 15.0 Å². The summed E-state index contributed by atoms with van der Waals surface area (Å²) >= 11 is 0. The van der Waals surface area contributed by atoms with E-state index in [1.807, 2.05) is 6.92 Å². The summed E-state index contributed by atoms with van der Waals surface area (Å²) in [6.07, 6.45) is -3.76. The molecule has 0 saturated carbocycles. The summed E-state index contributed by atoms with van der Waals surface area (Å²) in [6, 6.07) is 0. The van der Waals surface area contributed by atoms with Gasteiger partial charge in [-0.05, 0) is 20.3 Å². The second kappa shape index (κ2) is 5.87. The first kappa shape index (κ1) is 15.9. The van der Waals surface area contributed by atoms with Crippen molar-refractivity contribution < 1.29 is 22.4 Å². The summed E-state index contributed by atoms with van der Waals surface area (Å²) in [4.78, 5) is 3.74. The Morgan fingerprint density at radius 2 is 2.00 bits per heavy atom. The molecule has 0 aliphatic rings. The van der Waals surface area contributed by atoms with Gasteiger partial charge >= 0.3 is 6.18 Å². The van der Waals surface area contributed by atoms with Crippen molar-refractivity contribution in [2.24, 2.45) is 5.73 Å². The third kappa shape index (κ3) is 3.44. The summed E-state index contributed by atoms with van der Waals surface area (Å²) in [6.45, 7) is 4.91. The molecule has 0 saturated heterocycles. The van der Waals surface area contributed by atoms with Crippen LogP contribution >= 0.6 is 0 Å². The Morgan fingerprint density at radius 3 is 2.47 bits per heavy atom. The van der Waals surface area contributed by atoms with Crippen molar-refractivity contribution in [3.05, 3.63) is 11.7 Å². The minimum Gasteiger partial charge on any atom is -0.370 e. The molecule has 0 radical (unpaired) electrons. The van der Waals surface area contributed by atoms with Gasteiger partial charge in [-0.15, -0.1) is 0 Å². The molecular formula is C11H18F3N3O2. The molecule has 5 nitrogen and oxygen atoms in total. The second-order valence-corrected chi connectivity index (χ2v) is 4.39. The topological polar surface area (TPSA) is 74.2 Å². The van der Waals surface area contributed by atoms with Crippen molar-refractivity contribution in [3.8, 4) is 0 Å². The van der Waals surface area contributed by atoms with Gasteiger partial charge in [0.2, 0.25) is 5.82 Å². The summed E-state index contributed by atoms with van der Waals surface area (Å²) in [7, 11) is 0. The molecule has 2 unspecified atom stereocenters. The Morgan fingerprint density at radius 1 is 1.37 bits per heavy atom. The predicted molar refractivity (Wildman–Crippen MR) is 61.2 cm³/mol. The van der Waals surface area contributed by atoms with E-state index in [9.17, 15) is 13.2 Å². The van der Waals surface area contributed by atoms with Crippen molar-refractivity contribution >= 4 is 0 Å². The van der Waals surface area contributed by atoms with E-state index in [1.165, 1.54) is 0 Å². The third-order valence-electron chi connectivity index (χ3n) is 2.68. The molecule has 2 atom stereocenters. The first-order valence-electron chi connectivity index (χ1n) is 6.05. The van der Waals surface area contributed by atoms with E-state index >= 15 is 0 Å².